The van der Waals surface area contributed by atoms with Gasteiger partial charge in [0.15, 0.2) is 0 Å². The Labute approximate surface area is 106 Å². The fourth-order valence-electron chi connectivity index (χ4n) is 1.48. The van der Waals surface area contributed by atoms with Gasteiger partial charge in [-0.25, -0.2) is 0 Å². The van der Waals surface area contributed by atoms with Crippen LogP contribution in [0, 0.1) is 5.41 Å². The third-order valence-electron chi connectivity index (χ3n) is 3.19. The van der Waals surface area contributed by atoms with E-state index < -0.39 is 0 Å². The van der Waals surface area contributed by atoms with Crippen LogP contribution in [-0.4, -0.2) is 43.0 Å². The van der Waals surface area contributed by atoms with Gasteiger partial charge in [0, 0.05) is 24.4 Å². The third kappa shape index (κ3) is 6.15. The number of hydrogen-bond donors (Lipinski definition) is 2. The van der Waals surface area contributed by atoms with Crippen molar-refractivity contribution in [1.29, 1.82) is 0 Å². The van der Waals surface area contributed by atoms with Crippen molar-refractivity contribution in [3.8, 4) is 0 Å². The van der Waals surface area contributed by atoms with E-state index in [0.29, 0.717) is 13.0 Å². The van der Waals surface area contributed by atoms with E-state index in [1.807, 2.05) is 20.8 Å². The number of hydrogen-bond acceptors (Lipinski definition) is 4. The number of nitrogens with zero attached hydrogens (tertiary/aromatic N) is 1. The molecule has 4 nitrogen and oxygen atoms in total. The highest BCUT2D eigenvalue weighted by Gasteiger charge is 2.25. The molecule has 0 aliphatic carbocycles. The summed E-state index contributed by atoms with van der Waals surface area (Å²) in [5.74, 6) is 0.256. The summed E-state index contributed by atoms with van der Waals surface area (Å²) in [5, 5.41) is 3.40. The van der Waals surface area contributed by atoms with E-state index in [1.54, 1.807) is 0 Å². The largest absolute Gasteiger partial charge is 0.329 e. The number of Topliss-reactive ketones (excluding diaryl/α,β-unsaturated/α-hetero) is 1. The predicted molar refractivity (Wildman–Crippen MR) is 72.8 cm³/mol. The molecule has 0 fully saturated rings. The molecule has 0 radical (unpaired) electrons. The van der Waals surface area contributed by atoms with Gasteiger partial charge in [0.2, 0.25) is 0 Å². The second-order valence-corrected chi connectivity index (χ2v) is 5.73. The molecule has 2 unspecified atom stereocenters. The first-order chi connectivity index (χ1) is 7.72. The quantitative estimate of drug-likeness (QED) is 0.660. The van der Waals surface area contributed by atoms with Crippen molar-refractivity contribution >= 4 is 5.78 Å². The predicted octanol–water partition coefficient (Wildman–Crippen LogP) is 1.21. The summed E-state index contributed by atoms with van der Waals surface area (Å²) in [4.78, 5) is 14.1. The minimum atomic E-state index is -0.283. The summed E-state index contributed by atoms with van der Waals surface area (Å²) in [6.07, 6.45) is 0.739. The van der Waals surface area contributed by atoms with Gasteiger partial charge in [0.05, 0.1) is 6.17 Å². The van der Waals surface area contributed by atoms with Gasteiger partial charge in [-0.2, -0.15) is 0 Å². The van der Waals surface area contributed by atoms with Gasteiger partial charge in [0.1, 0.15) is 5.78 Å². The molecule has 0 spiro atoms. The first-order valence-corrected chi connectivity index (χ1v) is 6.42. The van der Waals surface area contributed by atoms with Crippen LogP contribution < -0.4 is 11.1 Å². The monoisotopic (exact) mass is 243 g/mol. The van der Waals surface area contributed by atoms with Crippen LogP contribution in [0.3, 0.4) is 0 Å². The summed E-state index contributed by atoms with van der Waals surface area (Å²) < 4.78 is 0. The Morgan fingerprint density at radius 1 is 1.41 bits per heavy atom. The van der Waals surface area contributed by atoms with Gasteiger partial charge >= 0.3 is 0 Å². The van der Waals surface area contributed by atoms with Crippen LogP contribution in [0.1, 0.15) is 41.0 Å². The first kappa shape index (κ1) is 16.6. The van der Waals surface area contributed by atoms with Crippen LogP contribution in [0.5, 0.6) is 0 Å². The molecule has 102 valence electrons. The molecule has 0 amide bonds. The Bertz CT molecular complexity index is 235. The fourth-order valence-corrected chi connectivity index (χ4v) is 1.48. The van der Waals surface area contributed by atoms with Gasteiger partial charge < -0.3 is 5.73 Å². The zero-order valence-corrected chi connectivity index (χ0v) is 12.2. The SMILES string of the molecule is CCN(C)C(C)NC(CN)CC(=O)C(C)(C)C. The van der Waals surface area contributed by atoms with Crippen molar-refractivity contribution in [2.75, 3.05) is 20.1 Å². The van der Waals surface area contributed by atoms with Crippen LogP contribution in [0.2, 0.25) is 0 Å². The van der Waals surface area contributed by atoms with Crippen LogP contribution in [-0.2, 0) is 4.79 Å². The van der Waals surface area contributed by atoms with Crippen molar-refractivity contribution in [3.05, 3.63) is 0 Å². The second kappa shape index (κ2) is 7.09. The molecule has 0 aromatic heterocycles. The molecule has 0 aromatic carbocycles. The Kier molecular flexibility index (Phi) is 6.90. The zero-order valence-electron chi connectivity index (χ0n) is 12.2. The number of rotatable bonds is 7. The second-order valence-electron chi connectivity index (χ2n) is 5.73. The molecule has 0 saturated carbocycles. The Morgan fingerprint density at radius 2 is 1.94 bits per heavy atom. The molecule has 2 atom stereocenters. The molecule has 0 bridgehead atoms. The van der Waals surface area contributed by atoms with Crippen molar-refractivity contribution < 1.29 is 4.79 Å². The molecule has 0 aliphatic rings. The smallest absolute Gasteiger partial charge is 0.139 e. The molecule has 0 saturated heterocycles. The van der Waals surface area contributed by atoms with Crippen LogP contribution in [0.25, 0.3) is 0 Å². The number of nitrogens with two attached hydrogens (primary N) is 1. The summed E-state index contributed by atoms with van der Waals surface area (Å²) >= 11 is 0. The maximum absolute atomic E-state index is 11.9. The van der Waals surface area contributed by atoms with Gasteiger partial charge in [-0.05, 0) is 20.5 Å². The van der Waals surface area contributed by atoms with Gasteiger partial charge in [-0.1, -0.05) is 27.7 Å². The molecule has 0 heterocycles. The maximum Gasteiger partial charge on any atom is 0.139 e. The Hall–Kier alpha value is -0.450. The molecule has 17 heavy (non-hydrogen) atoms. The highest BCUT2D eigenvalue weighted by atomic mass is 16.1. The number of nitrogens with one attached hydrogen (secondary N) is 1. The van der Waals surface area contributed by atoms with E-state index >= 15 is 0 Å². The minimum Gasteiger partial charge on any atom is -0.329 e. The summed E-state index contributed by atoms with van der Waals surface area (Å²) in [6, 6.07) is 0.0609. The van der Waals surface area contributed by atoms with Crippen molar-refractivity contribution in [2.45, 2.75) is 53.2 Å². The van der Waals surface area contributed by atoms with E-state index in [2.05, 4.69) is 31.1 Å². The van der Waals surface area contributed by atoms with Gasteiger partial charge in [-0.15, -0.1) is 0 Å². The topological polar surface area (TPSA) is 58.4 Å². The van der Waals surface area contributed by atoms with Crippen molar-refractivity contribution in [2.24, 2.45) is 11.1 Å². The standard InChI is InChI=1S/C13H29N3O/c1-7-16(6)10(2)15-11(9-14)8-12(17)13(3,4)5/h10-11,15H,7-9,14H2,1-6H3. The molecule has 3 N–H and O–H groups in total. The maximum atomic E-state index is 11.9. The van der Waals surface area contributed by atoms with Gasteiger partial charge in [0.25, 0.3) is 0 Å². The summed E-state index contributed by atoms with van der Waals surface area (Å²) in [5.41, 5.74) is 5.44. The van der Waals surface area contributed by atoms with Crippen molar-refractivity contribution in [3.63, 3.8) is 0 Å². The number of ketones is 1. The average Bonchev–Trinajstić information content (AvgIpc) is 2.25. The van der Waals surface area contributed by atoms with Crippen molar-refractivity contribution in [1.82, 2.24) is 10.2 Å². The van der Waals surface area contributed by atoms with Crippen LogP contribution in [0.15, 0.2) is 0 Å². The lowest BCUT2D eigenvalue weighted by molar-refractivity contribution is -0.126. The number of carbonyl (C=O) groups is 1. The molecule has 0 aliphatic heterocycles. The molecule has 4 heteroatoms. The highest BCUT2D eigenvalue weighted by molar-refractivity contribution is 5.84. The van der Waals surface area contributed by atoms with E-state index in [9.17, 15) is 4.79 Å². The third-order valence-corrected chi connectivity index (χ3v) is 3.19. The lowest BCUT2D eigenvalue weighted by atomic mass is 9.87. The highest BCUT2D eigenvalue weighted by Crippen LogP contribution is 2.17. The molecular formula is C13H29N3O. The number of carbonyl (C=O) groups excluding carboxylic acids is 1. The normalized spacial score (nSPS) is 16.0. The molecule has 0 aromatic rings. The van der Waals surface area contributed by atoms with E-state index in [-0.39, 0.29) is 23.4 Å². The molecular weight excluding hydrogens is 214 g/mol. The minimum absolute atomic E-state index is 0.0609. The first-order valence-electron chi connectivity index (χ1n) is 6.42. The lowest BCUT2D eigenvalue weighted by Gasteiger charge is -2.29. The summed E-state index contributed by atoms with van der Waals surface area (Å²) in [6.45, 7) is 11.5. The zero-order chi connectivity index (χ0) is 13.6. The fraction of sp³-hybridized carbons (Fsp3) is 0.923. The van der Waals surface area contributed by atoms with Gasteiger partial charge in [-0.3, -0.25) is 15.0 Å². The molecule has 0 rings (SSSR count). The van der Waals surface area contributed by atoms with E-state index in [1.165, 1.54) is 0 Å². The lowest BCUT2D eigenvalue weighted by Crippen LogP contribution is -2.50. The van der Waals surface area contributed by atoms with Crippen LogP contribution in [0.4, 0.5) is 0 Å². The Morgan fingerprint density at radius 3 is 2.29 bits per heavy atom. The average molecular weight is 243 g/mol. The van der Waals surface area contributed by atoms with E-state index in [4.69, 9.17) is 5.73 Å². The van der Waals surface area contributed by atoms with E-state index in [0.717, 1.165) is 6.54 Å². The Balaban J connectivity index is 4.31. The summed E-state index contributed by atoms with van der Waals surface area (Å²) in [7, 11) is 2.05. The van der Waals surface area contributed by atoms with Crippen LogP contribution >= 0.6 is 0 Å².